The maximum atomic E-state index is 13.5. The first-order valence-corrected chi connectivity index (χ1v) is 38.1. The number of aliphatic hydroxyl groups is 1. The van der Waals surface area contributed by atoms with E-state index in [9.17, 15) is 38.7 Å². The number of thioether (sulfide) groups is 2. The Morgan fingerprint density at radius 2 is 1.04 bits per heavy atom. The van der Waals surface area contributed by atoms with E-state index < -0.39 is 6.10 Å². The van der Waals surface area contributed by atoms with Crippen LogP contribution < -0.4 is 31.9 Å². The molecule has 512 valence electrons. The Kier molecular flexibility index (Phi) is 34.2. The number of amides is 6. The number of esters is 3. The van der Waals surface area contributed by atoms with Crippen LogP contribution in [0.1, 0.15) is 271 Å². The number of urea groups is 2. The largest absolute Gasteiger partial charge is 0.462 e. The molecule has 6 fully saturated rings. The molecule has 7 aliphatic heterocycles. The van der Waals surface area contributed by atoms with Crippen molar-refractivity contribution in [3.8, 4) is 0 Å². The minimum atomic E-state index is -0.632. The lowest BCUT2D eigenvalue weighted by atomic mass is 9.99. The molecule has 0 saturated carbocycles. The van der Waals surface area contributed by atoms with E-state index in [1.54, 1.807) is 0 Å². The van der Waals surface area contributed by atoms with E-state index in [2.05, 4.69) is 38.8 Å². The zero-order chi connectivity index (χ0) is 63.7. The van der Waals surface area contributed by atoms with E-state index in [1.165, 1.54) is 32.1 Å². The third kappa shape index (κ3) is 26.9. The Bertz CT molecular complexity index is 2210. The van der Waals surface area contributed by atoms with Crippen molar-refractivity contribution in [2.45, 2.75) is 354 Å². The zero-order valence-corrected chi connectivity index (χ0v) is 56.6. The Balaban J connectivity index is 0.749. The quantitative estimate of drug-likeness (QED) is 0.0129. The Morgan fingerprint density at radius 1 is 0.556 bits per heavy atom. The van der Waals surface area contributed by atoms with Crippen molar-refractivity contribution in [3.05, 3.63) is 11.6 Å². The lowest BCUT2D eigenvalue weighted by Crippen LogP contribution is -2.36. The van der Waals surface area contributed by atoms with E-state index in [-0.39, 0.29) is 109 Å². The van der Waals surface area contributed by atoms with Crippen LogP contribution in [-0.2, 0) is 47.7 Å². The predicted molar refractivity (Wildman–Crippen MR) is 354 cm³/mol. The molecule has 14 atom stereocenters. The summed E-state index contributed by atoms with van der Waals surface area (Å²) >= 11 is 3.80. The summed E-state index contributed by atoms with van der Waals surface area (Å²) in [6, 6.07) is 0.682. The van der Waals surface area contributed by atoms with Gasteiger partial charge in [0, 0.05) is 66.4 Å². The number of hydrogen-bond acceptors (Lipinski definition) is 15. The molecule has 0 radical (unpaired) electrons. The fourth-order valence-corrected chi connectivity index (χ4v) is 17.4. The van der Waals surface area contributed by atoms with Crippen LogP contribution in [0.25, 0.3) is 0 Å². The molecular formula is C69H116N6O13S2. The highest BCUT2D eigenvalue weighted by atomic mass is 32.2. The molecule has 6 saturated heterocycles. The average Bonchev–Trinajstić information content (AvgIpc) is 3.11. The van der Waals surface area contributed by atoms with Gasteiger partial charge in [0.05, 0.1) is 54.7 Å². The molecule has 21 heteroatoms. The van der Waals surface area contributed by atoms with Gasteiger partial charge in [0.2, 0.25) is 11.8 Å². The number of nitrogens with one attached hydrogen (secondary N) is 6. The third-order valence-electron chi connectivity index (χ3n) is 19.5. The van der Waals surface area contributed by atoms with Gasteiger partial charge in [-0.2, -0.15) is 23.5 Å². The second-order valence-electron chi connectivity index (χ2n) is 27.0. The molecule has 0 bridgehead atoms. The van der Waals surface area contributed by atoms with E-state index in [1.807, 2.05) is 36.5 Å². The van der Waals surface area contributed by atoms with Crippen molar-refractivity contribution >= 4 is 65.3 Å². The number of ether oxygens (including phenoxy) is 5. The predicted octanol–water partition coefficient (Wildman–Crippen LogP) is 11.8. The number of rotatable bonds is 49. The van der Waals surface area contributed by atoms with Crippen LogP contribution in [0.3, 0.4) is 0 Å². The fourth-order valence-electron chi connectivity index (χ4n) is 14.3. The molecule has 0 aliphatic carbocycles. The van der Waals surface area contributed by atoms with Crippen molar-refractivity contribution in [2.24, 2.45) is 0 Å². The van der Waals surface area contributed by atoms with Gasteiger partial charge >= 0.3 is 30.0 Å². The molecular weight excluding hydrogens is 1180 g/mol. The average molecular weight is 1300 g/mol. The van der Waals surface area contributed by atoms with E-state index in [4.69, 9.17) is 23.7 Å². The number of aliphatic hydroxyl groups excluding tert-OH is 1. The number of fused-ring (bicyclic) bond motifs is 2. The van der Waals surface area contributed by atoms with Crippen LogP contribution in [0.2, 0.25) is 0 Å². The molecule has 19 nitrogen and oxygen atoms in total. The molecule has 7 N–H and O–H groups in total. The van der Waals surface area contributed by atoms with Gasteiger partial charge in [0.1, 0.15) is 18.3 Å². The number of carbonyl (C=O) groups excluding carboxylic acids is 7. The zero-order valence-electron chi connectivity index (χ0n) is 54.9. The monoisotopic (exact) mass is 1300 g/mol. The second-order valence-corrected chi connectivity index (χ2v) is 29.5. The van der Waals surface area contributed by atoms with E-state index in [0.29, 0.717) is 75.0 Å². The normalized spacial score (nSPS) is 26.8. The minimum Gasteiger partial charge on any atom is -0.462 e. The smallest absolute Gasteiger partial charge is 0.334 e. The second kappa shape index (κ2) is 41.8. The fraction of sp³-hybridized carbons (Fsp3) is 0.870. The molecule has 90 heavy (non-hydrogen) atoms. The topological polar surface area (TPSA) is 258 Å². The molecule has 0 unspecified atom stereocenters. The van der Waals surface area contributed by atoms with Gasteiger partial charge in [-0.15, -0.1) is 0 Å². The molecule has 7 aliphatic rings. The number of hydrogen-bond donors (Lipinski definition) is 7. The van der Waals surface area contributed by atoms with Gasteiger partial charge in [-0.05, 0) is 148 Å². The van der Waals surface area contributed by atoms with Crippen molar-refractivity contribution in [2.75, 3.05) is 24.6 Å². The molecule has 0 spiro atoms. The van der Waals surface area contributed by atoms with Crippen LogP contribution in [0.4, 0.5) is 9.59 Å². The Morgan fingerprint density at radius 3 is 1.61 bits per heavy atom. The summed E-state index contributed by atoms with van der Waals surface area (Å²) in [5, 5.41) is 30.4. The van der Waals surface area contributed by atoms with E-state index >= 15 is 0 Å². The molecule has 0 aromatic rings. The van der Waals surface area contributed by atoms with Gasteiger partial charge in [-0.1, -0.05) is 103 Å². The van der Waals surface area contributed by atoms with Crippen LogP contribution in [0.15, 0.2) is 11.6 Å². The first-order chi connectivity index (χ1) is 43.8. The highest BCUT2D eigenvalue weighted by Gasteiger charge is 2.45. The summed E-state index contributed by atoms with van der Waals surface area (Å²) in [6.45, 7) is 5.27. The summed E-state index contributed by atoms with van der Waals surface area (Å²) < 4.78 is 30.9. The number of cyclic esters (lactones) is 1. The molecule has 7 heterocycles. The molecule has 6 amide bonds. The van der Waals surface area contributed by atoms with Gasteiger partial charge in [-0.25, -0.2) is 14.4 Å². The van der Waals surface area contributed by atoms with Crippen molar-refractivity contribution < 1.29 is 62.4 Å². The molecule has 0 aromatic heterocycles. The summed E-state index contributed by atoms with van der Waals surface area (Å²) in [5.41, 5.74) is 0.832. The minimum absolute atomic E-state index is 0.0607. The lowest BCUT2D eigenvalue weighted by molar-refractivity contribution is -0.161. The van der Waals surface area contributed by atoms with Crippen LogP contribution in [-0.4, -0.2) is 155 Å². The molecule has 7 rings (SSSR count). The van der Waals surface area contributed by atoms with Gasteiger partial charge < -0.3 is 60.7 Å². The highest BCUT2D eigenvalue weighted by Crippen LogP contribution is 2.37. The van der Waals surface area contributed by atoms with Crippen molar-refractivity contribution in [1.29, 1.82) is 0 Å². The lowest BCUT2D eigenvalue weighted by Gasteiger charge is -2.26. The summed E-state index contributed by atoms with van der Waals surface area (Å²) in [7, 11) is 0. The number of carbonyl (C=O) groups is 7. The summed E-state index contributed by atoms with van der Waals surface area (Å²) in [4.78, 5) is 86.8. The Labute approximate surface area is 547 Å². The maximum absolute atomic E-state index is 13.5. The molecule has 0 aromatic carbocycles. The SMILES string of the molecule is CCCCCC[C@@H](CCC[C@H](O)[C@H]1CC[C@H]([C@H]2CC[C@H]([C@@H](CCCCCCCCCCCCC3=C[C@H](C)OC3=O)OC(=O)CCCCCNC(=O)CCCC[C@@H]3SC[C@@H]4NC(=O)N[C@@H]43)O2)O1)OC(=O)CCCCCNC(=O)CCCC[C@@H]1SC[C@@H]2NC(=O)N[C@@H]21. The first-order valence-electron chi connectivity index (χ1n) is 36.0. The maximum Gasteiger partial charge on any atom is 0.334 e. The van der Waals surface area contributed by atoms with Gasteiger partial charge in [-0.3, -0.25) is 19.2 Å². The van der Waals surface area contributed by atoms with Crippen LogP contribution in [0, 0.1) is 0 Å². The standard InChI is InChI=1S/C69H116N6O13S2/c1-3-4-5-17-29-50(85-63(79)37-19-14-25-43-70-61(77)35-23-21-33-59-65-51(46-89-59)72-68(82)74-65)30-27-31-53(76)54-39-40-57(86-54)58-42-41-56(87-58)55(32-18-13-11-9-7-6-8-10-12-16-28-49-45-48(2)84-67(49)81)88-64(80)38-20-15-26-44-71-62(78)36-24-22-34-60-66-52(47-90-60)73-69(83)75-66/h45,48,50-60,65-66,76H,3-44,46-47H2,1-2H3,(H,70,77)(H,71,78)(H2,72,74,82)(H2,73,75,83)/t48-,50-,51-,52-,53-,54+,55+,56+,57+,58+,59-,60-,65-,66-/m0/s1. The third-order valence-corrected chi connectivity index (χ3v) is 22.5. The van der Waals surface area contributed by atoms with Crippen LogP contribution >= 0.6 is 23.5 Å². The first kappa shape index (κ1) is 73.6. The van der Waals surface area contributed by atoms with Gasteiger partial charge in [0.15, 0.2) is 0 Å². The summed E-state index contributed by atoms with van der Waals surface area (Å²) in [6.07, 6.45) is 35.0. The van der Waals surface area contributed by atoms with Crippen molar-refractivity contribution in [1.82, 2.24) is 31.9 Å². The van der Waals surface area contributed by atoms with Crippen molar-refractivity contribution in [3.63, 3.8) is 0 Å². The Hall–Kier alpha value is -3.79. The highest BCUT2D eigenvalue weighted by molar-refractivity contribution is 8.00. The van der Waals surface area contributed by atoms with Crippen LogP contribution in [0.5, 0.6) is 0 Å². The van der Waals surface area contributed by atoms with E-state index in [0.717, 1.165) is 190 Å². The number of unbranched alkanes of at least 4 members (excludes halogenated alkanes) is 18. The van der Waals surface area contributed by atoms with Gasteiger partial charge in [0.25, 0.3) is 0 Å². The summed E-state index contributed by atoms with van der Waals surface area (Å²) in [5.74, 6) is 1.48.